The zero-order valence-corrected chi connectivity index (χ0v) is 15.8. The summed E-state index contributed by atoms with van der Waals surface area (Å²) < 4.78 is 5.41. The first-order valence-corrected chi connectivity index (χ1v) is 8.64. The smallest absolute Gasteiger partial charge is 0.259 e. The van der Waals surface area contributed by atoms with Crippen molar-refractivity contribution in [3.05, 3.63) is 76.3 Å². The Balaban J connectivity index is 1.81. The second-order valence-electron chi connectivity index (χ2n) is 5.28. The van der Waals surface area contributed by atoms with Crippen LogP contribution in [0.15, 0.2) is 60.2 Å². The molecule has 2 N–H and O–H groups in total. The van der Waals surface area contributed by atoms with Gasteiger partial charge in [-0.15, -0.1) is 0 Å². The molecule has 0 heterocycles. The third-order valence-corrected chi connectivity index (χ3v) is 3.96. The van der Waals surface area contributed by atoms with Crippen molar-refractivity contribution in [2.75, 3.05) is 13.2 Å². The monoisotopic (exact) mass is 405 g/mol. The Hall–Kier alpha value is -2.83. The number of ether oxygens (including phenoxy) is 1. The molecular weight excluding hydrogens is 389 g/mol. The number of benzene rings is 2. The molecule has 0 fully saturated rings. The van der Waals surface area contributed by atoms with E-state index in [0.29, 0.717) is 22.9 Å². The Morgan fingerprint density at radius 3 is 2.70 bits per heavy atom. The molecule has 2 aromatic rings. The SMILES string of the molecule is C=CCOc1cccc(/C=N/NC(=O)CNC(=O)c2ccc(Cl)c(Cl)c2)c1. The zero-order chi connectivity index (χ0) is 19.6. The van der Waals surface area contributed by atoms with Gasteiger partial charge in [-0.05, 0) is 35.9 Å². The fourth-order valence-corrected chi connectivity index (χ4v) is 2.26. The molecule has 0 saturated carbocycles. The van der Waals surface area contributed by atoms with E-state index in [1.165, 1.54) is 24.4 Å². The number of hydrogen-bond donors (Lipinski definition) is 2. The molecule has 8 heteroatoms. The van der Waals surface area contributed by atoms with Gasteiger partial charge in [0.25, 0.3) is 11.8 Å². The van der Waals surface area contributed by atoms with Crippen LogP contribution in [0.25, 0.3) is 0 Å². The first-order valence-electron chi connectivity index (χ1n) is 7.88. The van der Waals surface area contributed by atoms with Crippen molar-refractivity contribution in [2.24, 2.45) is 5.10 Å². The van der Waals surface area contributed by atoms with Crippen molar-refractivity contribution in [3.63, 3.8) is 0 Å². The second kappa shape index (κ2) is 10.4. The fourth-order valence-electron chi connectivity index (χ4n) is 1.96. The maximum atomic E-state index is 12.0. The molecule has 0 atom stereocenters. The number of nitrogens with zero attached hydrogens (tertiary/aromatic N) is 1. The average Bonchev–Trinajstić information content (AvgIpc) is 2.67. The molecule has 2 aromatic carbocycles. The van der Waals surface area contributed by atoms with Crippen molar-refractivity contribution in [1.29, 1.82) is 0 Å². The van der Waals surface area contributed by atoms with Crippen LogP contribution in [0.4, 0.5) is 0 Å². The number of nitrogens with one attached hydrogen (secondary N) is 2. The lowest BCUT2D eigenvalue weighted by Crippen LogP contribution is -2.34. The predicted molar refractivity (Wildman–Crippen MR) is 107 cm³/mol. The molecule has 2 rings (SSSR count). The fraction of sp³-hybridized carbons (Fsp3) is 0.105. The van der Waals surface area contributed by atoms with Crippen LogP contribution >= 0.6 is 23.2 Å². The van der Waals surface area contributed by atoms with Crippen molar-refractivity contribution in [1.82, 2.24) is 10.7 Å². The van der Waals surface area contributed by atoms with Gasteiger partial charge < -0.3 is 10.1 Å². The van der Waals surface area contributed by atoms with Gasteiger partial charge in [-0.1, -0.05) is 48.0 Å². The van der Waals surface area contributed by atoms with Crippen LogP contribution < -0.4 is 15.5 Å². The van der Waals surface area contributed by atoms with Crippen molar-refractivity contribution in [3.8, 4) is 5.75 Å². The van der Waals surface area contributed by atoms with E-state index in [9.17, 15) is 9.59 Å². The highest BCUT2D eigenvalue weighted by atomic mass is 35.5. The van der Waals surface area contributed by atoms with Crippen molar-refractivity contribution in [2.45, 2.75) is 0 Å². The lowest BCUT2D eigenvalue weighted by atomic mass is 10.2. The van der Waals surface area contributed by atoms with Crippen molar-refractivity contribution >= 4 is 41.2 Å². The zero-order valence-electron chi connectivity index (χ0n) is 14.2. The maximum Gasteiger partial charge on any atom is 0.259 e. The average molecular weight is 406 g/mol. The van der Waals surface area contributed by atoms with E-state index >= 15 is 0 Å². The summed E-state index contributed by atoms with van der Waals surface area (Å²) in [6.07, 6.45) is 3.12. The molecule has 0 aliphatic rings. The second-order valence-corrected chi connectivity index (χ2v) is 6.09. The maximum absolute atomic E-state index is 12.0. The summed E-state index contributed by atoms with van der Waals surface area (Å²) in [6, 6.07) is 11.6. The molecule has 140 valence electrons. The van der Waals surface area contributed by atoms with Gasteiger partial charge >= 0.3 is 0 Å². The summed E-state index contributed by atoms with van der Waals surface area (Å²) in [4.78, 5) is 23.8. The van der Waals surface area contributed by atoms with E-state index in [1.54, 1.807) is 24.3 Å². The van der Waals surface area contributed by atoms with E-state index in [-0.39, 0.29) is 11.6 Å². The topological polar surface area (TPSA) is 79.8 Å². The van der Waals surface area contributed by atoms with Gasteiger partial charge in [0, 0.05) is 5.56 Å². The lowest BCUT2D eigenvalue weighted by Gasteiger charge is -2.05. The molecule has 0 unspecified atom stereocenters. The third kappa shape index (κ3) is 6.77. The minimum atomic E-state index is -0.473. The minimum Gasteiger partial charge on any atom is -0.490 e. The summed E-state index contributed by atoms with van der Waals surface area (Å²) in [7, 11) is 0. The van der Waals surface area contributed by atoms with Crippen LogP contribution in [0.5, 0.6) is 5.75 Å². The number of carbonyl (C=O) groups is 2. The highest BCUT2D eigenvalue weighted by Gasteiger charge is 2.09. The largest absolute Gasteiger partial charge is 0.490 e. The van der Waals surface area contributed by atoms with Gasteiger partial charge in [0.05, 0.1) is 22.8 Å². The molecule has 27 heavy (non-hydrogen) atoms. The normalized spacial score (nSPS) is 10.4. The Morgan fingerprint density at radius 1 is 1.15 bits per heavy atom. The van der Waals surface area contributed by atoms with Crippen LogP contribution in [0.1, 0.15) is 15.9 Å². The van der Waals surface area contributed by atoms with Crippen molar-refractivity contribution < 1.29 is 14.3 Å². The van der Waals surface area contributed by atoms with Crippen LogP contribution in [0.3, 0.4) is 0 Å². The number of rotatable bonds is 8. The quantitative estimate of drug-likeness (QED) is 0.401. The molecule has 0 saturated heterocycles. The molecule has 0 bridgehead atoms. The summed E-state index contributed by atoms with van der Waals surface area (Å²) in [5.74, 6) is -0.252. The van der Waals surface area contributed by atoms with Crippen LogP contribution in [-0.4, -0.2) is 31.2 Å². The summed E-state index contributed by atoms with van der Waals surface area (Å²) in [5.41, 5.74) is 3.38. The molecule has 0 radical (unpaired) electrons. The van der Waals surface area contributed by atoms with Crippen LogP contribution in [-0.2, 0) is 4.79 Å². The van der Waals surface area contributed by atoms with E-state index in [1.807, 2.05) is 6.07 Å². The third-order valence-electron chi connectivity index (χ3n) is 3.22. The van der Waals surface area contributed by atoms with E-state index in [4.69, 9.17) is 27.9 Å². The molecule has 0 aliphatic carbocycles. The molecule has 0 spiro atoms. The van der Waals surface area contributed by atoms with E-state index in [2.05, 4.69) is 22.4 Å². The number of carbonyl (C=O) groups excluding carboxylic acids is 2. The minimum absolute atomic E-state index is 0.237. The van der Waals surface area contributed by atoms with Gasteiger partial charge in [-0.2, -0.15) is 5.10 Å². The molecule has 6 nitrogen and oxygen atoms in total. The Labute approximate surface area is 166 Å². The Morgan fingerprint density at radius 2 is 1.96 bits per heavy atom. The molecule has 0 aliphatic heterocycles. The van der Waals surface area contributed by atoms with Gasteiger partial charge in [-0.25, -0.2) is 5.43 Å². The summed E-state index contributed by atoms with van der Waals surface area (Å²) >= 11 is 11.7. The van der Waals surface area contributed by atoms with E-state index < -0.39 is 11.8 Å². The van der Waals surface area contributed by atoms with Gasteiger partial charge in [0.2, 0.25) is 0 Å². The summed E-state index contributed by atoms with van der Waals surface area (Å²) in [5, 5.41) is 6.93. The van der Waals surface area contributed by atoms with Gasteiger partial charge in [0.15, 0.2) is 0 Å². The lowest BCUT2D eigenvalue weighted by molar-refractivity contribution is -0.120. The van der Waals surface area contributed by atoms with E-state index in [0.717, 1.165) is 5.56 Å². The standard InChI is InChI=1S/C19H17Cl2N3O3/c1-2-8-27-15-5-3-4-13(9-15)11-23-24-18(25)12-22-19(26)14-6-7-16(20)17(21)10-14/h2-7,9-11H,1,8,12H2,(H,22,26)(H,24,25)/b23-11+. The molecule has 2 amide bonds. The Kier molecular flexibility index (Phi) is 7.85. The summed E-state index contributed by atoms with van der Waals surface area (Å²) in [6.45, 7) is 3.74. The van der Waals surface area contributed by atoms with Gasteiger partial charge in [-0.3, -0.25) is 9.59 Å². The first kappa shape index (κ1) is 20.5. The predicted octanol–water partition coefficient (Wildman–Crippen LogP) is 3.44. The Bertz CT molecular complexity index is 869. The number of hydrazone groups is 1. The number of hydrogen-bond acceptors (Lipinski definition) is 4. The number of amides is 2. The van der Waals surface area contributed by atoms with Crippen LogP contribution in [0.2, 0.25) is 10.0 Å². The van der Waals surface area contributed by atoms with Crippen LogP contribution in [0, 0.1) is 0 Å². The number of halogens is 2. The molecular formula is C19H17Cl2N3O3. The molecule has 0 aromatic heterocycles. The highest BCUT2D eigenvalue weighted by Crippen LogP contribution is 2.22. The first-order chi connectivity index (χ1) is 13.0. The van der Waals surface area contributed by atoms with Gasteiger partial charge in [0.1, 0.15) is 12.4 Å². The highest BCUT2D eigenvalue weighted by molar-refractivity contribution is 6.42.